The number of para-hydroxylation sites is 1. The van der Waals surface area contributed by atoms with Gasteiger partial charge in [0.05, 0.1) is 12.2 Å². The minimum Gasteiger partial charge on any atom is -0.454 e. The Hall–Kier alpha value is -2.44. The monoisotopic (exact) mass is 384 g/mol. The molecule has 2 aromatic carbocycles. The highest BCUT2D eigenvalue weighted by Gasteiger charge is 2.16. The second kappa shape index (κ2) is 9.48. The lowest BCUT2D eigenvalue weighted by molar-refractivity contribution is -0.117. The van der Waals surface area contributed by atoms with Crippen molar-refractivity contribution in [2.75, 3.05) is 31.0 Å². The molecule has 0 atom stereocenters. The van der Waals surface area contributed by atoms with Gasteiger partial charge < -0.3 is 14.8 Å². The fourth-order valence-corrected chi connectivity index (χ4v) is 3.56. The van der Waals surface area contributed by atoms with Crippen LogP contribution in [0.15, 0.2) is 60.0 Å². The van der Waals surface area contributed by atoms with E-state index in [0.717, 1.165) is 39.9 Å². The van der Waals surface area contributed by atoms with Crippen molar-refractivity contribution in [3.63, 3.8) is 0 Å². The lowest BCUT2D eigenvalue weighted by atomic mass is 10.2. The van der Waals surface area contributed by atoms with Crippen molar-refractivity contribution in [3.05, 3.63) is 60.7 Å². The first-order valence-corrected chi connectivity index (χ1v) is 9.91. The van der Waals surface area contributed by atoms with Crippen molar-refractivity contribution < 1.29 is 14.3 Å². The normalized spacial score (nSPS) is 12.2. The van der Waals surface area contributed by atoms with Crippen molar-refractivity contribution in [2.45, 2.75) is 18.4 Å². The largest absolute Gasteiger partial charge is 0.454 e. The number of nitrogens with zero attached hydrogens (tertiary/aromatic N) is 1. The Kier molecular flexibility index (Phi) is 6.79. The number of carbonyl (C=O) groups is 1. The summed E-state index contributed by atoms with van der Waals surface area (Å²) < 4.78 is 10.8. The molecule has 142 valence electrons. The zero-order valence-electron chi connectivity index (χ0n) is 15.4. The van der Waals surface area contributed by atoms with Crippen molar-refractivity contribution in [1.29, 1.82) is 0 Å². The number of fused-ring (bicyclic) bond motifs is 1. The Bertz CT molecular complexity index is 810. The molecule has 3 rings (SSSR count). The van der Waals surface area contributed by atoms with Gasteiger partial charge in [0, 0.05) is 17.2 Å². The zero-order chi connectivity index (χ0) is 19.1. The van der Waals surface area contributed by atoms with Crippen LogP contribution in [-0.2, 0) is 11.3 Å². The van der Waals surface area contributed by atoms with Gasteiger partial charge in [-0.2, -0.15) is 0 Å². The molecule has 6 heteroatoms. The van der Waals surface area contributed by atoms with Gasteiger partial charge in [-0.05, 0) is 36.4 Å². The smallest absolute Gasteiger partial charge is 0.238 e. The van der Waals surface area contributed by atoms with Gasteiger partial charge in [0.25, 0.3) is 0 Å². The Morgan fingerprint density at radius 2 is 2.07 bits per heavy atom. The molecule has 0 radical (unpaired) electrons. The molecule has 0 spiro atoms. The van der Waals surface area contributed by atoms with Crippen LogP contribution in [0.1, 0.15) is 12.5 Å². The lowest BCUT2D eigenvalue weighted by Crippen LogP contribution is -2.32. The van der Waals surface area contributed by atoms with E-state index >= 15 is 0 Å². The molecule has 0 fully saturated rings. The summed E-state index contributed by atoms with van der Waals surface area (Å²) in [6.45, 7) is 7.83. The summed E-state index contributed by atoms with van der Waals surface area (Å²) in [7, 11) is 0. The molecule has 5 nitrogen and oxygen atoms in total. The standard InChI is InChI=1S/C21H24N2O3S/c1-3-11-27-20-8-6-5-7-17(20)22-21(24)14-23(4-2)13-16-9-10-18-19(12-16)26-15-25-18/h3,5-10,12H,1,4,11,13-15H2,2H3,(H,22,24). The van der Waals surface area contributed by atoms with Crippen LogP contribution < -0.4 is 14.8 Å². The van der Waals surface area contributed by atoms with E-state index in [0.29, 0.717) is 13.1 Å². The maximum atomic E-state index is 12.6. The molecule has 0 saturated heterocycles. The van der Waals surface area contributed by atoms with E-state index in [4.69, 9.17) is 9.47 Å². The first-order valence-electron chi connectivity index (χ1n) is 8.93. The van der Waals surface area contributed by atoms with Crippen molar-refractivity contribution in [3.8, 4) is 11.5 Å². The number of likely N-dealkylation sites (N-methyl/N-ethyl adjacent to an activating group) is 1. The second-order valence-electron chi connectivity index (χ2n) is 6.13. The van der Waals surface area contributed by atoms with Crippen molar-refractivity contribution in [1.82, 2.24) is 4.90 Å². The van der Waals surface area contributed by atoms with Crippen molar-refractivity contribution >= 4 is 23.4 Å². The van der Waals surface area contributed by atoms with E-state index in [1.165, 1.54) is 0 Å². The van der Waals surface area contributed by atoms with Crippen LogP contribution in [0.25, 0.3) is 0 Å². The van der Waals surface area contributed by atoms with E-state index in [1.807, 2.05) is 55.5 Å². The first-order chi connectivity index (χ1) is 13.2. The Morgan fingerprint density at radius 3 is 2.89 bits per heavy atom. The highest BCUT2D eigenvalue weighted by Crippen LogP contribution is 2.32. The number of thioether (sulfide) groups is 1. The summed E-state index contributed by atoms with van der Waals surface area (Å²) in [5.74, 6) is 2.32. The van der Waals surface area contributed by atoms with E-state index in [1.54, 1.807) is 11.8 Å². The zero-order valence-corrected chi connectivity index (χ0v) is 16.3. The molecule has 0 bridgehead atoms. The predicted octanol–water partition coefficient (Wildman–Crippen LogP) is 4.15. The molecular formula is C21H24N2O3S. The molecule has 0 aromatic heterocycles. The summed E-state index contributed by atoms with van der Waals surface area (Å²) in [6, 6.07) is 13.7. The van der Waals surface area contributed by atoms with E-state index in [2.05, 4.69) is 16.8 Å². The quantitative estimate of drug-likeness (QED) is 0.520. The average Bonchev–Trinajstić information content (AvgIpc) is 3.14. The fourth-order valence-electron chi connectivity index (χ4n) is 2.81. The maximum absolute atomic E-state index is 12.6. The Balaban J connectivity index is 1.60. The predicted molar refractivity (Wildman–Crippen MR) is 110 cm³/mol. The van der Waals surface area contributed by atoms with Crippen LogP contribution in [0.3, 0.4) is 0 Å². The molecule has 2 aromatic rings. The SMILES string of the molecule is C=CCSc1ccccc1NC(=O)CN(CC)Cc1ccc2c(c1)OCO2. The van der Waals surface area contributed by atoms with Gasteiger partial charge >= 0.3 is 0 Å². The number of ether oxygens (including phenoxy) is 2. The van der Waals surface area contributed by atoms with Crippen LogP contribution in [-0.4, -0.2) is 36.4 Å². The Morgan fingerprint density at radius 1 is 1.26 bits per heavy atom. The van der Waals surface area contributed by atoms with Crippen LogP contribution in [0, 0.1) is 0 Å². The first kappa shape index (κ1) is 19.3. The van der Waals surface area contributed by atoms with Gasteiger partial charge in [-0.3, -0.25) is 9.69 Å². The summed E-state index contributed by atoms with van der Waals surface area (Å²) in [5.41, 5.74) is 1.93. The number of nitrogens with one attached hydrogen (secondary N) is 1. The van der Waals surface area contributed by atoms with E-state index in [-0.39, 0.29) is 12.7 Å². The van der Waals surface area contributed by atoms with Gasteiger partial charge in [-0.1, -0.05) is 31.2 Å². The summed E-state index contributed by atoms with van der Waals surface area (Å²) in [6.07, 6.45) is 1.85. The van der Waals surface area contributed by atoms with Gasteiger partial charge in [0.1, 0.15) is 0 Å². The second-order valence-corrected chi connectivity index (χ2v) is 7.20. The highest BCUT2D eigenvalue weighted by molar-refractivity contribution is 7.99. The molecule has 27 heavy (non-hydrogen) atoms. The minimum atomic E-state index is -0.0238. The van der Waals surface area contributed by atoms with Crippen LogP contribution in [0.5, 0.6) is 11.5 Å². The van der Waals surface area contributed by atoms with Crippen LogP contribution in [0.2, 0.25) is 0 Å². The third kappa shape index (κ3) is 5.28. The molecule has 1 amide bonds. The van der Waals surface area contributed by atoms with Gasteiger partial charge in [-0.15, -0.1) is 18.3 Å². The molecule has 1 aliphatic heterocycles. The van der Waals surface area contributed by atoms with Gasteiger partial charge in [-0.25, -0.2) is 0 Å². The molecular weight excluding hydrogens is 360 g/mol. The summed E-state index contributed by atoms with van der Waals surface area (Å²) >= 11 is 1.66. The van der Waals surface area contributed by atoms with E-state index < -0.39 is 0 Å². The Labute approximate surface area is 164 Å². The average molecular weight is 385 g/mol. The van der Waals surface area contributed by atoms with Crippen LogP contribution >= 0.6 is 11.8 Å². The summed E-state index contributed by atoms with van der Waals surface area (Å²) in [4.78, 5) is 15.7. The van der Waals surface area contributed by atoms with E-state index in [9.17, 15) is 4.79 Å². The third-order valence-corrected chi connectivity index (χ3v) is 5.24. The number of hydrogen-bond donors (Lipinski definition) is 1. The fraction of sp³-hybridized carbons (Fsp3) is 0.286. The lowest BCUT2D eigenvalue weighted by Gasteiger charge is -2.20. The molecule has 0 unspecified atom stereocenters. The number of benzene rings is 2. The number of amides is 1. The topological polar surface area (TPSA) is 50.8 Å². The number of hydrogen-bond acceptors (Lipinski definition) is 5. The highest BCUT2D eigenvalue weighted by atomic mass is 32.2. The number of rotatable bonds is 9. The molecule has 1 aliphatic rings. The molecule has 1 heterocycles. The van der Waals surface area contributed by atoms with Crippen LogP contribution in [0.4, 0.5) is 5.69 Å². The van der Waals surface area contributed by atoms with Gasteiger partial charge in [0.15, 0.2) is 11.5 Å². The van der Waals surface area contributed by atoms with Crippen molar-refractivity contribution in [2.24, 2.45) is 0 Å². The van der Waals surface area contributed by atoms with Gasteiger partial charge in [0.2, 0.25) is 12.7 Å². The molecule has 0 aliphatic carbocycles. The minimum absolute atomic E-state index is 0.0238. The molecule has 0 saturated carbocycles. The molecule has 1 N–H and O–H groups in total. The third-order valence-electron chi connectivity index (χ3n) is 4.18. The maximum Gasteiger partial charge on any atom is 0.238 e. The number of carbonyl (C=O) groups excluding carboxylic acids is 1. The number of anilines is 1. The summed E-state index contributed by atoms with van der Waals surface area (Å²) in [5, 5.41) is 3.03.